The summed E-state index contributed by atoms with van der Waals surface area (Å²) in [6.07, 6.45) is 2.95. The number of fused-ring (bicyclic) bond motifs is 2. The van der Waals surface area contributed by atoms with Crippen molar-refractivity contribution < 1.29 is 0 Å². The molecule has 1 aliphatic heterocycles. The molecule has 5 nitrogen and oxygen atoms in total. The zero-order chi connectivity index (χ0) is 15.8. The van der Waals surface area contributed by atoms with E-state index in [2.05, 4.69) is 56.3 Å². The van der Waals surface area contributed by atoms with Gasteiger partial charge in [-0.05, 0) is 25.5 Å². The molecule has 5 heteroatoms. The average molecular weight is 307 g/mol. The van der Waals surface area contributed by atoms with Gasteiger partial charge in [0, 0.05) is 35.7 Å². The quantitative estimate of drug-likeness (QED) is 0.808. The fraction of sp³-hybridized carbons (Fsp3) is 0.389. The van der Waals surface area contributed by atoms with Crippen molar-refractivity contribution in [2.75, 3.05) is 5.32 Å². The number of aryl methyl sites for hydroxylation is 3. The summed E-state index contributed by atoms with van der Waals surface area (Å²) < 4.78 is 2.07. The molecule has 0 aliphatic carbocycles. The molecule has 1 aliphatic rings. The molecule has 1 N–H and O–H groups in total. The first-order chi connectivity index (χ1) is 11.2. The first kappa shape index (κ1) is 14.2. The van der Waals surface area contributed by atoms with Gasteiger partial charge in [-0.3, -0.25) is 4.98 Å². The van der Waals surface area contributed by atoms with Crippen LogP contribution in [0.2, 0.25) is 0 Å². The first-order valence-corrected chi connectivity index (χ1v) is 8.28. The highest BCUT2D eigenvalue weighted by Gasteiger charge is 2.21. The molecule has 3 aromatic rings. The molecule has 0 bridgehead atoms. The molecule has 23 heavy (non-hydrogen) atoms. The Labute approximate surface area is 135 Å². The number of nitrogens with zero attached hydrogens (tertiary/aromatic N) is 4. The largest absolute Gasteiger partial charge is 0.380 e. The van der Waals surface area contributed by atoms with Crippen LogP contribution >= 0.6 is 0 Å². The third-order valence-electron chi connectivity index (χ3n) is 4.42. The molecular formula is C18H21N5. The highest BCUT2D eigenvalue weighted by Crippen LogP contribution is 2.25. The van der Waals surface area contributed by atoms with Gasteiger partial charge in [-0.1, -0.05) is 25.1 Å². The Balaban J connectivity index is 1.62. The van der Waals surface area contributed by atoms with Gasteiger partial charge in [-0.25, -0.2) is 9.67 Å². The maximum absolute atomic E-state index is 4.61. The second kappa shape index (κ2) is 5.65. The van der Waals surface area contributed by atoms with E-state index >= 15 is 0 Å². The monoisotopic (exact) mass is 307 g/mol. The summed E-state index contributed by atoms with van der Waals surface area (Å²) >= 11 is 0. The van der Waals surface area contributed by atoms with Crippen LogP contribution in [0.5, 0.6) is 0 Å². The Bertz CT molecular complexity index is 852. The van der Waals surface area contributed by atoms with Crippen LogP contribution in [0.25, 0.3) is 10.9 Å². The lowest BCUT2D eigenvalue weighted by Gasteiger charge is -2.25. The molecule has 3 heterocycles. The summed E-state index contributed by atoms with van der Waals surface area (Å²) in [6, 6.07) is 10.8. The molecule has 1 atom stereocenters. The van der Waals surface area contributed by atoms with Crippen molar-refractivity contribution >= 4 is 16.6 Å². The van der Waals surface area contributed by atoms with E-state index in [4.69, 9.17) is 0 Å². The number of aromatic nitrogens is 4. The second-order valence-corrected chi connectivity index (χ2v) is 6.19. The lowest BCUT2D eigenvalue weighted by molar-refractivity contribution is 0.440. The minimum absolute atomic E-state index is 0.374. The summed E-state index contributed by atoms with van der Waals surface area (Å²) in [5, 5.41) is 9.48. The number of rotatable bonds is 3. The van der Waals surface area contributed by atoms with Gasteiger partial charge in [0.2, 0.25) is 0 Å². The summed E-state index contributed by atoms with van der Waals surface area (Å²) in [6.45, 7) is 5.02. The molecule has 0 spiro atoms. The van der Waals surface area contributed by atoms with E-state index in [9.17, 15) is 0 Å². The number of hydrogen-bond donors (Lipinski definition) is 1. The van der Waals surface area contributed by atoms with Gasteiger partial charge < -0.3 is 5.32 Å². The molecule has 0 saturated heterocycles. The summed E-state index contributed by atoms with van der Waals surface area (Å²) in [4.78, 5) is 9.20. The fourth-order valence-corrected chi connectivity index (χ4v) is 3.28. The van der Waals surface area contributed by atoms with E-state index in [-0.39, 0.29) is 0 Å². The van der Waals surface area contributed by atoms with Crippen LogP contribution in [-0.2, 0) is 19.4 Å². The number of benzene rings is 1. The van der Waals surface area contributed by atoms with E-state index in [0.29, 0.717) is 6.04 Å². The highest BCUT2D eigenvalue weighted by molar-refractivity contribution is 5.91. The van der Waals surface area contributed by atoms with Crippen molar-refractivity contribution in [3.05, 3.63) is 47.7 Å². The van der Waals surface area contributed by atoms with Crippen LogP contribution in [0.1, 0.15) is 30.7 Å². The number of para-hydroxylation sites is 1. The third kappa shape index (κ3) is 2.67. The standard InChI is InChI=1S/C18H21N5/c1-3-17-21-18-9-8-13(11-23(18)22-17)20-16-10-12(2)19-15-7-5-4-6-14(15)16/h4-7,10,13H,3,8-9,11H2,1-2H3,(H,19,20). The van der Waals surface area contributed by atoms with Crippen LogP contribution in [0.4, 0.5) is 5.69 Å². The summed E-state index contributed by atoms with van der Waals surface area (Å²) in [5.41, 5.74) is 3.25. The van der Waals surface area contributed by atoms with Crippen molar-refractivity contribution in [3.8, 4) is 0 Å². The molecule has 118 valence electrons. The van der Waals surface area contributed by atoms with Crippen LogP contribution in [0.3, 0.4) is 0 Å². The Morgan fingerprint density at radius 2 is 2.13 bits per heavy atom. The van der Waals surface area contributed by atoms with E-state index < -0.39 is 0 Å². The fourth-order valence-electron chi connectivity index (χ4n) is 3.28. The SMILES string of the molecule is CCc1nc2n(n1)CC(Nc1cc(C)nc3ccccc13)CC2. The van der Waals surface area contributed by atoms with E-state index in [1.807, 2.05) is 13.0 Å². The Hall–Kier alpha value is -2.43. The molecule has 4 rings (SSSR count). The minimum Gasteiger partial charge on any atom is -0.380 e. The maximum atomic E-state index is 4.61. The predicted octanol–water partition coefficient (Wildman–Crippen LogP) is 3.12. The van der Waals surface area contributed by atoms with Crippen LogP contribution in [0, 0.1) is 6.92 Å². The third-order valence-corrected chi connectivity index (χ3v) is 4.42. The van der Waals surface area contributed by atoms with Gasteiger partial charge in [0.15, 0.2) is 5.82 Å². The summed E-state index contributed by atoms with van der Waals surface area (Å²) in [7, 11) is 0. The van der Waals surface area contributed by atoms with Gasteiger partial charge >= 0.3 is 0 Å². The normalized spacial score (nSPS) is 17.2. The van der Waals surface area contributed by atoms with Crippen molar-refractivity contribution in [1.29, 1.82) is 0 Å². The smallest absolute Gasteiger partial charge is 0.150 e. The van der Waals surface area contributed by atoms with Crippen molar-refractivity contribution in [2.24, 2.45) is 0 Å². The molecule has 0 fully saturated rings. The second-order valence-electron chi connectivity index (χ2n) is 6.19. The number of pyridine rings is 1. The highest BCUT2D eigenvalue weighted by atomic mass is 15.4. The van der Waals surface area contributed by atoms with Gasteiger partial charge in [0.1, 0.15) is 5.82 Å². The summed E-state index contributed by atoms with van der Waals surface area (Å²) in [5.74, 6) is 2.07. The van der Waals surface area contributed by atoms with Crippen LogP contribution < -0.4 is 5.32 Å². The molecule has 2 aromatic heterocycles. The molecule has 0 radical (unpaired) electrons. The first-order valence-electron chi connectivity index (χ1n) is 8.28. The number of nitrogens with one attached hydrogen (secondary N) is 1. The van der Waals surface area contributed by atoms with Gasteiger partial charge in [-0.15, -0.1) is 0 Å². The predicted molar refractivity (Wildman–Crippen MR) is 91.6 cm³/mol. The molecule has 0 amide bonds. The minimum atomic E-state index is 0.374. The van der Waals surface area contributed by atoms with Crippen LogP contribution in [-0.4, -0.2) is 25.8 Å². The van der Waals surface area contributed by atoms with E-state index in [1.54, 1.807) is 0 Å². The van der Waals surface area contributed by atoms with Crippen molar-refractivity contribution in [3.63, 3.8) is 0 Å². The van der Waals surface area contributed by atoms with Gasteiger partial charge in [0.05, 0.1) is 12.1 Å². The molecule has 0 saturated carbocycles. The average Bonchev–Trinajstić information content (AvgIpc) is 2.97. The lowest BCUT2D eigenvalue weighted by Crippen LogP contribution is -2.32. The molecule has 1 unspecified atom stereocenters. The zero-order valence-electron chi connectivity index (χ0n) is 13.6. The Kier molecular flexibility index (Phi) is 3.48. The molecular weight excluding hydrogens is 286 g/mol. The van der Waals surface area contributed by atoms with Crippen molar-refractivity contribution in [2.45, 2.75) is 45.7 Å². The Morgan fingerprint density at radius 1 is 1.26 bits per heavy atom. The van der Waals surface area contributed by atoms with E-state index in [0.717, 1.165) is 54.4 Å². The number of hydrogen-bond acceptors (Lipinski definition) is 4. The topological polar surface area (TPSA) is 55.6 Å². The van der Waals surface area contributed by atoms with Gasteiger partial charge in [-0.2, -0.15) is 5.10 Å². The lowest BCUT2D eigenvalue weighted by atomic mass is 10.1. The van der Waals surface area contributed by atoms with Crippen LogP contribution in [0.15, 0.2) is 30.3 Å². The Morgan fingerprint density at radius 3 is 3.00 bits per heavy atom. The van der Waals surface area contributed by atoms with Crippen molar-refractivity contribution in [1.82, 2.24) is 19.7 Å². The maximum Gasteiger partial charge on any atom is 0.150 e. The van der Waals surface area contributed by atoms with Gasteiger partial charge in [0.25, 0.3) is 0 Å². The number of anilines is 1. The van der Waals surface area contributed by atoms with E-state index in [1.165, 1.54) is 5.39 Å². The zero-order valence-corrected chi connectivity index (χ0v) is 13.6. The molecule has 1 aromatic carbocycles.